The summed E-state index contributed by atoms with van der Waals surface area (Å²) in [5.41, 5.74) is 9.94. The Morgan fingerprint density at radius 2 is 1.49 bits per heavy atom. The number of nitrogen functional groups attached to an aromatic ring is 1. The van der Waals surface area contributed by atoms with Crippen LogP contribution in [0.1, 0.15) is 48.5 Å². The van der Waals surface area contributed by atoms with Crippen molar-refractivity contribution < 1.29 is 27.5 Å². The highest BCUT2D eigenvalue weighted by molar-refractivity contribution is 7.87. The Morgan fingerprint density at radius 3 is 2.11 bits per heavy atom. The number of amides is 2. The molecule has 8 rings (SSSR count). The van der Waals surface area contributed by atoms with Gasteiger partial charge in [0, 0.05) is 100 Å². The zero-order valence-corrected chi connectivity index (χ0v) is 32.9. The number of anilines is 3. The van der Waals surface area contributed by atoms with Gasteiger partial charge in [-0.2, -0.15) is 22.7 Å². The van der Waals surface area contributed by atoms with E-state index in [4.69, 9.17) is 15.2 Å². The Bertz CT molecular complexity index is 2640. The number of H-pyrrole nitrogens is 1. The number of aromatic amines is 1. The van der Waals surface area contributed by atoms with Crippen molar-refractivity contribution in [3.8, 4) is 17.4 Å². The lowest BCUT2D eigenvalue weighted by molar-refractivity contribution is 0.0817. The van der Waals surface area contributed by atoms with Crippen LogP contribution >= 0.6 is 0 Å². The first-order chi connectivity index (χ1) is 27.2. The zero-order valence-electron chi connectivity index (χ0n) is 32.1. The largest absolute Gasteiger partial charge is 0.471 e. The molecule has 57 heavy (non-hydrogen) atoms. The van der Waals surface area contributed by atoms with E-state index in [1.165, 1.54) is 32.6 Å². The number of ether oxygens (including phenoxy) is 2. The molecule has 0 saturated heterocycles. The van der Waals surface area contributed by atoms with Gasteiger partial charge in [-0.25, -0.2) is 9.29 Å². The third-order valence-electron chi connectivity index (χ3n) is 10.2. The van der Waals surface area contributed by atoms with Gasteiger partial charge in [-0.3, -0.25) is 9.59 Å². The predicted molar refractivity (Wildman–Crippen MR) is 215 cm³/mol. The summed E-state index contributed by atoms with van der Waals surface area (Å²) >= 11 is 0. The van der Waals surface area contributed by atoms with Crippen molar-refractivity contribution in [3.05, 3.63) is 124 Å². The number of benzene rings is 4. The quantitative estimate of drug-likeness (QED) is 0.179. The van der Waals surface area contributed by atoms with E-state index >= 15 is 0 Å². The highest BCUT2D eigenvalue weighted by atomic mass is 32.2. The number of nitrogens with two attached hydrogens (primary N) is 1. The molecule has 0 unspecified atom stereocenters. The molecule has 4 aromatic carbocycles. The lowest BCUT2D eigenvalue weighted by atomic mass is 9.75. The molecule has 17 heteroatoms. The second kappa shape index (κ2) is 13.8. The van der Waals surface area contributed by atoms with Crippen LogP contribution in [0.25, 0.3) is 11.2 Å². The predicted octanol–water partition coefficient (Wildman–Crippen LogP) is 4.24. The minimum absolute atomic E-state index is 0.0522. The Hall–Kier alpha value is -6.72. The summed E-state index contributed by atoms with van der Waals surface area (Å²) in [6.45, 7) is 0.400. The van der Waals surface area contributed by atoms with E-state index in [-0.39, 0.29) is 36.1 Å². The van der Waals surface area contributed by atoms with Gasteiger partial charge in [-0.1, -0.05) is 36.4 Å². The lowest BCUT2D eigenvalue weighted by Crippen LogP contribution is -2.53. The van der Waals surface area contributed by atoms with Gasteiger partial charge in [-0.05, 0) is 41.5 Å². The summed E-state index contributed by atoms with van der Waals surface area (Å²) in [7, 11) is 5.89. The van der Waals surface area contributed by atoms with Crippen molar-refractivity contribution in [2.45, 2.75) is 18.7 Å². The molecular weight excluding hydrogens is 749 g/mol. The molecule has 6 aromatic rings. The topological polar surface area (TPSA) is 192 Å². The SMILES string of the molecule is CN(C)c1ccc2c(c1)Oc1cc(N(C)C)ccc1C21c2cc(C(=O)NCc3ccc(COc4nc(N)nc5nc[nH]c45)cc3)ccc2C(=O)N1S(=O)(=O)N(C)C. The molecule has 1 spiro atoms. The molecule has 0 saturated carbocycles. The average Bonchev–Trinajstić information content (AvgIpc) is 3.76. The number of rotatable bonds is 10. The number of fused-ring (bicyclic) bond motifs is 7. The Kier molecular flexibility index (Phi) is 9.00. The van der Waals surface area contributed by atoms with E-state index in [2.05, 4.69) is 25.3 Å². The van der Waals surface area contributed by atoms with Crippen LogP contribution in [-0.2, 0) is 28.9 Å². The van der Waals surface area contributed by atoms with E-state index in [9.17, 15) is 18.0 Å². The summed E-state index contributed by atoms with van der Waals surface area (Å²) < 4.78 is 43.2. The van der Waals surface area contributed by atoms with Crippen molar-refractivity contribution in [3.63, 3.8) is 0 Å². The number of nitrogens with zero attached hydrogens (tertiary/aromatic N) is 7. The third kappa shape index (κ3) is 6.11. The summed E-state index contributed by atoms with van der Waals surface area (Å²) in [4.78, 5) is 47.6. The molecule has 2 aliphatic heterocycles. The fourth-order valence-electron chi connectivity index (χ4n) is 7.22. The van der Waals surface area contributed by atoms with Crippen LogP contribution in [0.4, 0.5) is 17.3 Å². The number of carbonyl (C=O) groups excluding carboxylic acids is 2. The molecule has 2 aliphatic rings. The van der Waals surface area contributed by atoms with Gasteiger partial charge in [0.15, 0.2) is 5.65 Å². The molecule has 16 nitrogen and oxygen atoms in total. The molecule has 0 fully saturated rings. The van der Waals surface area contributed by atoms with E-state index in [0.717, 1.165) is 31.1 Å². The van der Waals surface area contributed by atoms with Gasteiger partial charge in [0.05, 0.1) is 6.33 Å². The third-order valence-corrected chi connectivity index (χ3v) is 12.0. The molecule has 4 heterocycles. The first-order valence-electron chi connectivity index (χ1n) is 17.9. The van der Waals surface area contributed by atoms with Crippen molar-refractivity contribution in [2.24, 2.45) is 0 Å². The summed E-state index contributed by atoms with van der Waals surface area (Å²) in [6, 6.07) is 23.1. The molecule has 4 N–H and O–H groups in total. The standard InChI is InChI=1S/C40H40N10O6S/c1-47(2)26-12-15-29-32(18-26)56-33-19-27(48(3)4)13-16-30(33)40(29)31-17-25(11-14-28(31)38(52)50(40)57(53,54)49(5)6)36(51)42-20-23-7-9-24(10-8-23)21-55-37-34-35(44-22-43-34)45-39(41)46-37/h7-19,22H,20-21H2,1-6H3,(H,42,51)(H3,41,43,44,45,46). The Labute approximate surface area is 329 Å². The fraction of sp³-hybridized carbons (Fsp3) is 0.225. The second-order valence-corrected chi connectivity index (χ2v) is 16.3. The zero-order chi connectivity index (χ0) is 40.4. The molecular formula is C40H40N10O6S. The van der Waals surface area contributed by atoms with E-state index < -0.39 is 27.6 Å². The summed E-state index contributed by atoms with van der Waals surface area (Å²) in [5, 5.41) is 2.97. The molecule has 0 bridgehead atoms. The maximum absolute atomic E-state index is 14.5. The number of imidazole rings is 1. The van der Waals surface area contributed by atoms with Crippen molar-refractivity contribution in [2.75, 3.05) is 57.8 Å². The summed E-state index contributed by atoms with van der Waals surface area (Å²) in [5.74, 6) is -0.0382. The lowest BCUT2D eigenvalue weighted by Gasteiger charge is -2.44. The smallest absolute Gasteiger partial charge is 0.307 e. The molecule has 0 radical (unpaired) electrons. The Balaban J connectivity index is 1.14. The minimum atomic E-state index is -4.44. The maximum Gasteiger partial charge on any atom is 0.307 e. The van der Waals surface area contributed by atoms with Crippen LogP contribution in [0, 0.1) is 0 Å². The normalized spacial score (nSPS) is 13.9. The molecule has 0 aliphatic carbocycles. The molecule has 0 atom stereocenters. The highest BCUT2D eigenvalue weighted by Gasteiger charge is 2.61. The van der Waals surface area contributed by atoms with Crippen molar-refractivity contribution in [1.82, 2.24) is 33.9 Å². The number of carbonyl (C=O) groups is 2. The van der Waals surface area contributed by atoms with E-state index in [1.807, 2.05) is 86.5 Å². The van der Waals surface area contributed by atoms with Gasteiger partial charge in [-0.15, -0.1) is 0 Å². The number of hydrogen-bond acceptors (Lipinski definition) is 12. The van der Waals surface area contributed by atoms with Crippen LogP contribution in [0.15, 0.2) is 85.2 Å². The van der Waals surface area contributed by atoms with Gasteiger partial charge >= 0.3 is 10.2 Å². The van der Waals surface area contributed by atoms with E-state index in [0.29, 0.717) is 39.4 Å². The maximum atomic E-state index is 14.5. The fourth-order valence-corrected chi connectivity index (χ4v) is 8.49. The van der Waals surface area contributed by atoms with Gasteiger partial charge in [0.25, 0.3) is 11.8 Å². The van der Waals surface area contributed by atoms with Crippen molar-refractivity contribution >= 4 is 50.5 Å². The minimum Gasteiger partial charge on any atom is -0.471 e. The average molecular weight is 789 g/mol. The molecule has 2 aromatic heterocycles. The van der Waals surface area contributed by atoms with Crippen LogP contribution in [0.3, 0.4) is 0 Å². The van der Waals surface area contributed by atoms with Crippen LogP contribution < -0.4 is 30.3 Å². The monoisotopic (exact) mass is 788 g/mol. The first kappa shape index (κ1) is 37.2. The summed E-state index contributed by atoms with van der Waals surface area (Å²) in [6.07, 6.45) is 1.49. The van der Waals surface area contributed by atoms with Crippen LogP contribution in [0.2, 0.25) is 0 Å². The first-order valence-corrected chi connectivity index (χ1v) is 19.3. The second-order valence-electron chi connectivity index (χ2n) is 14.4. The van der Waals surface area contributed by atoms with Gasteiger partial charge < -0.3 is 35.3 Å². The molecule has 292 valence electrons. The van der Waals surface area contributed by atoms with Crippen LogP contribution in [0.5, 0.6) is 17.4 Å². The van der Waals surface area contributed by atoms with E-state index in [1.54, 1.807) is 18.2 Å². The van der Waals surface area contributed by atoms with Gasteiger partial charge in [0.1, 0.15) is 29.2 Å². The number of nitrogens with one attached hydrogen (secondary N) is 2. The highest BCUT2D eigenvalue weighted by Crippen LogP contribution is 2.59. The number of aromatic nitrogens is 4. The van der Waals surface area contributed by atoms with Gasteiger partial charge in [0.2, 0.25) is 11.8 Å². The Morgan fingerprint density at radius 1 is 0.860 bits per heavy atom. The van der Waals surface area contributed by atoms with Crippen molar-refractivity contribution in [1.29, 1.82) is 0 Å². The molecule has 2 amide bonds. The number of hydrogen-bond donors (Lipinski definition) is 3. The van der Waals surface area contributed by atoms with Crippen LogP contribution in [-0.4, -0.2) is 91.1 Å².